The normalized spacial score (nSPS) is 22.7. The first-order valence-electron chi connectivity index (χ1n) is 14.6. The van der Waals surface area contributed by atoms with E-state index >= 15 is 0 Å². The van der Waals surface area contributed by atoms with E-state index in [1.165, 1.54) is 49.9 Å². The summed E-state index contributed by atoms with van der Waals surface area (Å²) in [5.41, 5.74) is 3.48. The smallest absolute Gasteiger partial charge is 0.317 e. The number of hydrogen-bond donors (Lipinski definition) is 1. The summed E-state index contributed by atoms with van der Waals surface area (Å²) < 4.78 is 0. The zero-order chi connectivity index (χ0) is 26.9. The van der Waals surface area contributed by atoms with Crippen LogP contribution in [0.4, 0.5) is 5.69 Å². The predicted octanol–water partition coefficient (Wildman–Crippen LogP) is 6.88. The number of carbonyl (C=O) groups is 1. The van der Waals surface area contributed by atoms with E-state index in [0.29, 0.717) is 23.8 Å². The summed E-state index contributed by atoms with van der Waals surface area (Å²) in [5, 5.41) is 9.58. The molecule has 2 fully saturated rings. The van der Waals surface area contributed by atoms with Crippen LogP contribution in [-0.2, 0) is 11.2 Å². The largest absolute Gasteiger partial charge is 0.480 e. The van der Waals surface area contributed by atoms with Crippen molar-refractivity contribution in [3.05, 3.63) is 77.1 Å². The molecular weight excluding hydrogens is 470 g/mol. The van der Waals surface area contributed by atoms with E-state index in [1.807, 2.05) is 12.1 Å². The second-order valence-electron chi connectivity index (χ2n) is 12.0. The van der Waals surface area contributed by atoms with Crippen molar-refractivity contribution in [3.63, 3.8) is 0 Å². The molecule has 3 atom stereocenters. The Morgan fingerprint density at radius 1 is 1.08 bits per heavy atom. The van der Waals surface area contributed by atoms with Crippen molar-refractivity contribution < 1.29 is 9.90 Å². The van der Waals surface area contributed by atoms with Gasteiger partial charge in [0.2, 0.25) is 0 Å². The molecule has 5 heteroatoms. The topological polar surface area (TPSA) is 48.1 Å². The summed E-state index contributed by atoms with van der Waals surface area (Å²) in [6, 6.07) is 19.3. The Morgan fingerprint density at radius 2 is 1.79 bits per heavy atom. The van der Waals surface area contributed by atoms with Crippen LogP contribution >= 0.6 is 0 Å². The standard InChI is InChI=1S/C33H45N3O2/c1-25(2)22-36(24-33(37)38)31-20-29(32(21-31)28-10-5-4-6-11-28)23-35-18-16-27(17-19-35)9-7-8-26-12-14-30(34-3)15-13-26/h4-6,10-15,25,27,29,31-32H,7-9,16-24H2,1-2H3,(H,37,38). The van der Waals surface area contributed by atoms with E-state index in [1.54, 1.807) is 0 Å². The Hall–Kier alpha value is -2.68. The lowest BCUT2D eigenvalue weighted by Gasteiger charge is -2.35. The zero-order valence-electron chi connectivity index (χ0n) is 23.3. The van der Waals surface area contributed by atoms with Crippen molar-refractivity contribution in [2.45, 2.75) is 70.8 Å². The van der Waals surface area contributed by atoms with Gasteiger partial charge in [-0.2, -0.15) is 0 Å². The summed E-state index contributed by atoms with van der Waals surface area (Å²) >= 11 is 0. The van der Waals surface area contributed by atoms with Crippen LogP contribution in [0.2, 0.25) is 0 Å². The highest BCUT2D eigenvalue weighted by atomic mass is 16.4. The van der Waals surface area contributed by atoms with Gasteiger partial charge in [-0.05, 0) is 80.8 Å². The third kappa shape index (κ3) is 8.16. The minimum Gasteiger partial charge on any atom is -0.480 e. The summed E-state index contributed by atoms with van der Waals surface area (Å²) in [6.45, 7) is 15.9. The van der Waals surface area contributed by atoms with Gasteiger partial charge in [0.1, 0.15) is 0 Å². The Bertz CT molecular complexity index is 1040. The van der Waals surface area contributed by atoms with Gasteiger partial charge in [-0.15, -0.1) is 0 Å². The molecule has 2 aromatic rings. The lowest BCUT2D eigenvalue weighted by molar-refractivity contribution is -0.139. The summed E-state index contributed by atoms with van der Waals surface area (Å²) in [6.07, 6.45) is 8.31. The van der Waals surface area contributed by atoms with Crippen molar-refractivity contribution in [2.24, 2.45) is 17.8 Å². The molecular formula is C33H45N3O2. The van der Waals surface area contributed by atoms with Crippen LogP contribution in [-0.4, -0.2) is 59.6 Å². The van der Waals surface area contributed by atoms with Crippen LogP contribution in [0.3, 0.4) is 0 Å². The average Bonchev–Trinajstić information content (AvgIpc) is 3.33. The Labute approximate surface area is 229 Å². The fourth-order valence-corrected chi connectivity index (χ4v) is 6.81. The van der Waals surface area contributed by atoms with Gasteiger partial charge in [0, 0.05) is 19.1 Å². The van der Waals surface area contributed by atoms with Crippen molar-refractivity contribution in [3.8, 4) is 0 Å². The van der Waals surface area contributed by atoms with Crippen LogP contribution in [0.15, 0.2) is 54.6 Å². The van der Waals surface area contributed by atoms with Gasteiger partial charge in [0.05, 0.1) is 13.1 Å². The Morgan fingerprint density at radius 3 is 2.42 bits per heavy atom. The highest BCUT2D eigenvalue weighted by Crippen LogP contribution is 2.43. The lowest BCUT2D eigenvalue weighted by atomic mass is 9.87. The number of aliphatic carboxylic acids is 1. The molecule has 4 rings (SSSR count). The molecule has 0 aromatic heterocycles. The van der Waals surface area contributed by atoms with Gasteiger partial charge in [-0.25, -0.2) is 4.85 Å². The van der Waals surface area contributed by atoms with Gasteiger partial charge in [-0.1, -0.05) is 80.4 Å². The Kier molecular flexibility index (Phi) is 10.4. The van der Waals surface area contributed by atoms with Crippen LogP contribution in [0.5, 0.6) is 0 Å². The molecule has 1 heterocycles. The summed E-state index contributed by atoms with van der Waals surface area (Å²) in [7, 11) is 0. The molecule has 2 aliphatic rings. The lowest BCUT2D eigenvalue weighted by Crippen LogP contribution is -2.41. The van der Waals surface area contributed by atoms with E-state index in [4.69, 9.17) is 6.57 Å². The number of likely N-dealkylation sites (tertiary alicyclic amines) is 1. The molecule has 1 aliphatic carbocycles. The molecule has 0 spiro atoms. The molecule has 204 valence electrons. The molecule has 0 radical (unpaired) electrons. The monoisotopic (exact) mass is 515 g/mol. The molecule has 2 aromatic carbocycles. The third-order valence-electron chi connectivity index (χ3n) is 8.70. The van der Waals surface area contributed by atoms with Crippen molar-refractivity contribution in [2.75, 3.05) is 32.7 Å². The zero-order valence-corrected chi connectivity index (χ0v) is 23.3. The van der Waals surface area contributed by atoms with Crippen molar-refractivity contribution in [1.82, 2.24) is 9.80 Å². The van der Waals surface area contributed by atoms with Crippen LogP contribution < -0.4 is 0 Å². The molecule has 1 saturated carbocycles. The predicted molar refractivity (Wildman–Crippen MR) is 155 cm³/mol. The highest BCUT2D eigenvalue weighted by Gasteiger charge is 2.39. The number of carboxylic acids is 1. The number of aryl methyl sites for hydroxylation is 1. The molecule has 1 saturated heterocycles. The highest BCUT2D eigenvalue weighted by molar-refractivity contribution is 5.69. The first-order chi connectivity index (χ1) is 18.4. The number of hydrogen-bond acceptors (Lipinski definition) is 3. The second kappa shape index (κ2) is 13.9. The number of rotatable bonds is 12. The molecule has 1 aliphatic heterocycles. The quantitative estimate of drug-likeness (QED) is 0.313. The minimum absolute atomic E-state index is 0.145. The number of piperidine rings is 1. The van der Waals surface area contributed by atoms with Crippen LogP contribution in [0.1, 0.15) is 69.4 Å². The summed E-state index contributed by atoms with van der Waals surface area (Å²) in [5.74, 6) is 1.62. The number of nitrogens with zero attached hydrogens (tertiary/aromatic N) is 3. The Balaban J connectivity index is 1.30. The molecule has 0 bridgehead atoms. The van der Waals surface area contributed by atoms with E-state index in [9.17, 15) is 9.90 Å². The van der Waals surface area contributed by atoms with Gasteiger partial charge < -0.3 is 10.0 Å². The fourth-order valence-electron chi connectivity index (χ4n) is 6.81. The number of benzene rings is 2. The molecule has 1 N–H and O–H groups in total. The molecule has 5 nitrogen and oxygen atoms in total. The second-order valence-corrected chi connectivity index (χ2v) is 12.0. The van der Waals surface area contributed by atoms with E-state index in [0.717, 1.165) is 44.0 Å². The molecule has 3 unspecified atom stereocenters. The SMILES string of the molecule is [C-]#[N+]c1ccc(CCCC2CCN(CC3CC(N(CC(=O)O)CC(C)C)CC3c3ccccc3)CC2)cc1. The maximum Gasteiger partial charge on any atom is 0.317 e. The van der Waals surface area contributed by atoms with Crippen LogP contribution in [0.25, 0.3) is 4.85 Å². The third-order valence-corrected chi connectivity index (χ3v) is 8.70. The first kappa shape index (κ1) is 28.3. The summed E-state index contributed by atoms with van der Waals surface area (Å²) in [4.78, 5) is 20.1. The molecule has 0 amide bonds. The average molecular weight is 516 g/mol. The number of carboxylic acid groups (broad SMARTS) is 1. The first-order valence-corrected chi connectivity index (χ1v) is 14.6. The van der Waals surface area contributed by atoms with E-state index in [-0.39, 0.29) is 6.54 Å². The maximum atomic E-state index is 11.6. The van der Waals surface area contributed by atoms with Crippen molar-refractivity contribution >= 4 is 11.7 Å². The van der Waals surface area contributed by atoms with Gasteiger partial charge in [0.25, 0.3) is 0 Å². The minimum atomic E-state index is -0.715. The fraction of sp³-hybridized carbons (Fsp3) is 0.576. The van der Waals surface area contributed by atoms with E-state index < -0.39 is 5.97 Å². The molecule has 38 heavy (non-hydrogen) atoms. The van der Waals surface area contributed by atoms with Gasteiger partial charge in [0.15, 0.2) is 5.69 Å². The van der Waals surface area contributed by atoms with E-state index in [2.05, 4.69) is 71.0 Å². The maximum absolute atomic E-state index is 11.6. The van der Waals surface area contributed by atoms with Crippen molar-refractivity contribution in [1.29, 1.82) is 0 Å². The van der Waals surface area contributed by atoms with Gasteiger partial charge >= 0.3 is 5.97 Å². The van der Waals surface area contributed by atoms with Crippen LogP contribution in [0, 0.1) is 24.3 Å². The van der Waals surface area contributed by atoms with Gasteiger partial charge in [-0.3, -0.25) is 9.69 Å².